The van der Waals surface area contributed by atoms with Crippen LogP contribution >= 0.6 is 0 Å². The van der Waals surface area contributed by atoms with Crippen molar-refractivity contribution in [2.24, 2.45) is 0 Å². The summed E-state index contributed by atoms with van der Waals surface area (Å²) in [5, 5.41) is 15.3. The number of fused-ring (bicyclic) bond motifs is 2. The van der Waals surface area contributed by atoms with E-state index in [9.17, 15) is 14.9 Å². The second kappa shape index (κ2) is 6.93. The molecule has 0 aliphatic heterocycles. The second-order valence-corrected chi connectivity index (χ2v) is 6.22. The zero-order valence-electron chi connectivity index (χ0n) is 14.5. The van der Waals surface area contributed by atoms with Crippen LogP contribution in [-0.2, 0) is 0 Å². The average molecular weight is 353 g/mol. The Morgan fingerprint density at radius 1 is 1.19 bits per heavy atom. The molecule has 0 saturated heterocycles. The number of nitrogens with one attached hydrogen (secondary N) is 1. The Balaban J connectivity index is 2.17. The monoisotopic (exact) mass is 353 g/mol. The summed E-state index contributed by atoms with van der Waals surface area (Å²) in [5.74, 6) is -0.290. The summed E-state index contributed by atoms with van der Waals surface area (Å²) in [4.78, 5) is 29.8. The number of nitro groups is 1. The van der Waals surface area contributed by atoms with E-state index in [1.807, 2.05) is 19.0 Å². The largest absolute Gasteiger partial charge is 0.398 e. The van der Waals surface area contributed by atoms with Crippen LogP contribution in [0.3, 0.4) is 0 Å². The maximum atomic E-state index is 12.6. The van der Waals surface area contributed by atoms with Crippen molar-refractivity contribution in [3.8, 4) is 0 Å². The van der Waals surface area contributed by atoms with E-state index in [0.29, 0.717) is 40.6 Å². The number of likely N-dealkylation sites (N-methyl/N-ethyl adjacent to an activating group) is 1. The van der Waals surface area contributed by atoms with E-state index in [1.165, 1.54) is 6.07 Å². The van der Waals surface area contributed by atoms with Crippen molar-refractivity contribution in [3.05, 3.63) is 52.1 Å². The van der Waals surface area contributed by atoms with Crippen LogP contribution in [0, 0.1) is 10.1 Å². The van der Waals surface area contributed by atoms with Gasteiger partial charge in [-0.05, 0) is 20.2 Å². The number of hydrogen-bond acceptors (Lipinski definition) is 6. The van der Waals surface area contributed by atoms with Gasteiger partial charge in [0.15, 0.2) is 5.52 Å². The Hall–Kier alpha value is -3.26. The highest BCUT2D eigenvalue weighted by atomic mass is 16.6. The SMILES string of the molecule is CN(C)CCNC(=O)c1cccc2c(N)c3cccc([N+](=O)[O-])c3nc12. The number of non-ortho nitro benzene ring substituents is 1. The number of benzene rings is 2. The minimum atomic E-state index is -0.500. The number of nitrogen functional groups attached to an aromatic ring is 1. The summed E-state index contributed by atoms with van der Waals surface area (Å²) in [7, 11) is 3.83. The Morgan fingerprint density at radius 2 is 1.85 bits per heavy atom. The van der Waals surface area contributed by atoms with Crippen LogP contribution in [0.5, 0.6) is 0 Å². The summed E-state index contributed by atoms with van der Waals surface area (Å²) in [5.41, 5.74) is 7.34. The second-order valence-electron chi connectivity index (χ2n) is 6.22. The molecule has 8 heteroatoms. The summed E-state index contributed by atoms with van der Waals surface area (Å²) < 4.78 is 0. The van der Waals surface area contributed by atoms with Gasteiger partial charge in [0.2, 0.25) is 0 Å². The van der Waals surface area contributed by atoms with Crippen molar-refractivity contribution < 1.29 is 9.72 Å². The number of pyridine rings is 1. The molecule has 1 heterocycles. The van der Waals surface area contributed by atoms with Gasteiger partial charge in [0.05, 0.1) is 21.7 Å². The summed E-state index contributed by atoms with van der Waals surface area (Å²) >= 11 is 0. The molecule has 0 atom stereocenters. The van der Waals surface area contributed by atoms with Crippen molar-refractivity contribution in [3.63, 3.8) is 0 Å². The average Bonchev–Trinajstić information content (AvgIpc) is 2.60. The first kappa shape index (κ1) is 17.6. The number of nitrogens with zero attached hydrogens (tertiary/aromatic N) is 3. The molecular weight excluding hydrogens is 334 g/mol. The van der Waals surface area contributed by atoms with E-state index in [4.69, 9.17) is 5.73 Å². The molecule has 0 unspecified atom stereocenters. The molecule has 0 saturated carbocycles. The van der Waals surface area contributed by atoms with Crippen LogP contribution in [0.25, 0.3) is 21.8 Å². The van der Waals surface area contributed by atoms with Gasteiger partial charge in [-0.15, -0.1) is 0 Å². The number of hydrogen-bond donors (Lipinski definition) is 2. The quantitative estimate of drug-likeness (QED) is 0.413. The van der Waals surface area contributed by atoms with E-state index in [0.717, 1.165) is 0 Å². The molecule has 0 aliphatic rings. The number of aromatic nitrogens is 1. The lowest BCUT2D eigenvalue weighted by Crippen LogP contribution is -2.31. The first-order valence-electron chi connectivity index (χ1n) is 8.08. The van der Waals surface area contributed by atoms with Crippen LogP contribution in [0.15, 0.2) is 36.4 Å². The summed E-state index contributed by atoms with van der Waals surface area (Å²) in [6.45, 7) is 1.17. The molecule has 0 fully saturated rings. The van der Waals surface area contributed by atoms with Crippen LogP contribution < -0.4 is 11.1 Å². The number of para-hydroxylation sites is 2. The van der Waals surface area contributed by atoms with Crippen LogP contribution in [0.4, 0.5) is 11.4 Å². The van der Waals surface area contributed by atoms with Gasteiger partial charge in [-0.1, -0.05) is 24.3 Å². The standard InChI is InChI=1S/C18H19N5O3/c1-22(2)10-9-20-18(24)13-7-3-5-11-15(19)12-6-4-8-14(23(25)26)17(12)21-16(11)13/h3-8H,9-10H2,1-2H3,(H2,19,21)(H,20,24). The molecule has 1 amide bonds. The predicted octanol–water partition coefficient (Wildman–Crippen LogP) is 2.17. The molecule has 3 N–H and O–H groups in total. The highest BCUT2D eigenvalue weighted by Gasteiger charge is 2.19. The molecule has 2 aromatic carbocycles. The summed E-state index contributed by atoms with van der Waals surface area (Å²) in [6, 6.07) is 9.76. The lowest BCUT2D eigenvalue weighted by molar-refractivity contribution is -0.383. The highest BCUT2D eigenvalue weighted by Crippen LogP contribution is 2.34. The first-order valence-corrected chi connectivity index (χ1v) is 8.08. The maximum Gasteiger partial charge on any atom is 0.295 e. The van der Waals surface area contributed by atoms with Gasteiger partial charge in [0.25, 0.3) is 11.6 Å². The van der Waals surface area contributed by atoms with E-state index in [1.54, 1.807) is 30.3 Å². The van der Waals surface area contributed by atoms with Gasteiger partial charge in [0.1, 0.15) is 0 Å². The van der Waals surface area contributed by atoms with Crippen LogP contribution in [-0.4, -0.2) is 47.9 Å². The Labute approximate surface area is 149 Å². The fraction of sp³-hybridized carbons (Fsp3) is 0.222. The fourth-order valence-corrected chi connectivity index (χ4v) is 2.82. The third kappa shape index (κ3) is 3.14. The van der Waals surface area contributed by atoms with Gasteiger partial charge in [-0.3, -0.25) is 14.9 Å². The van der Waals surface area contributed by atoms with Crippen LogP contribution in [0.2, 0.25) is 0 Å². The van der Waals surface area contributed by atoms with Crippen molar-refractivity contribution in [1.82, 2.24) is 15.2 Å². The highest BCUT2D eigenvalue weighted by molar-refractivity contribution is 6.14. The molecule has 1 aromatic heterocycles. The van der Waals surface area contributed by atoms with Gasteiger partial charge in [0, 0.05) is 29.9 Å². The Morgan fingerprint density at radius 3 is 2.50 bits per heavy atom. The topological polar surface area (TPSA) is 114 Å². The predicted molar refractivity (Wildman–Crippen MR) is 101 cm³/mol. The number of amides is 1. The van der Waals surface area contributed by atoms with Crippen LogP contribution in [0.1, 0.15) is 10.4 Å². The fourth-order valence-electron chi connectivity index (χ4n) is 2.82. The molecular formula is C18H19N5O3. The summed E-state index contributed by atoms with van der Waals surface area (Å²) in [6.07, 6.45) is 0. The molecule has 26 heavy (non-hydrogen) atoms. The molecule has 0 aliphatic carbocycles. The Bertz CT molecular complexity index is 1020. The molecule has 3 rings (SSSR count). The minimum Gasteiger partial charge on any atom is -0.398 e. The van der Waals surface area contributed by atoms with Crippen molar-refractivity contribution >= 4 is 39.1 Å². The zero-order chi connectivity index (χ0) is 18.8. The molecule has 8 nitrogen and oxygen atoms in total. The number of nitro benzene ring substituents is 1. The number of carbonyl (C=O) groups excluding carboxylic acids is 1. The first-order chi connectivity index (χ1) is 12.4. The third-order valence-electron chi connectivity index (χ3n) is 4.14. The van der Waals surface area contributed by atoms with E-state index in [2.05, 4.69) is 10.3 Å². The number of nitrogens with two attached hydrogens (primary N) is 1. The van der Waals surface area contributed by atoms with E-state index < -0.39 is 4.92 Å². The van der Waals surface area contributed by atoms with Crippen molar-refractivity contribution in [2.45, 2.75) is 0 Å². The smallest absolute Gasteiger partial charge is 0.295 e. The lowest BCUT2D eigenvalue weighted by atomic mass is 10.0. The van der Waals surface area contributed by atoms with Gasteiger partial charge in [-0.2, -0.15) is 0 Å². The van der Waals surface area contributed by atoms with E-state index >= 15 is 0 Å². The molecule has 134 valence electrons. The molecule has 0 spiro atoms. The third-order valence-corrected chi connectivity index (χ3v) is 4.14. The normalized spacial score (nSPS) is 11.2. The number of rotatable bonds is 5. The van der Waals surface area contributed by atoms with Crippen molar-refractivity contribution in [2.75, 3.05) is 32.9 Å². The van der Waals surface area contributed by atoms with Gasteiger partial charge < -0.3 is 16.0 Å². The molecule has 3 aromatic rings. The Kier molecular flexibility index (Phi) is 4.68. The van der Waals surface area contributed by atoms with E-state index in [-0.39, 0.29) is 17.1 Å². The number of anilines is 1. The zero-order valence-corrected chi connectivity index (χ0v) is 14.5. The van der Waals surface area contributed by atoms with Gasteiger partial charge >= 0.3 is 0 Å². The molecule has 0 bridgehead atoms. The minimum absolute atomic E-state index is 0.140. The number of carbonyl (C=O) groups is 1. The van der Waals surface area contributed by atoms with Crippen molar-refractivity contribution in [1.29, 1.82) is 0 Å². The molecule has 0 radical (unpaired) electrons. The lowest BCUT2D eigenvalue weighted by Gasteiger charge is -2.12. The maximum absolute atomic E-state index is 12.6. The van der Waals surface area contributed by atoms with Gasteiger partial charge in [-0.25, -0.2) is 4.98 Å².